The minimum atomic E-state index is -0.541. The highest BCUT2D eigenvalue weighted by atomic mass is 32.1. The molecule has 0 aromatic heterocycles. The summed E-state index contributed by atoms with van der Waals surface area (Å²) in [5, 5.41) is 0. The van der Waals surface area contributed by atoms with E-state index in [0.717, 1.165) is 0 Å². The number of ether oxygens (including phenoxy) is 1. The van der Waals surface area contributed by atoms with Crippen molar-refractivity contribution in [3.05, 3.63) is 0 Å². The lowest BCUT2D eigenvalue weighted by Gasteiger charge is -2.21. The molecule has 10 heavy (non-hydrogen) atoms. The van der Waals surface area contributed by atoms with Crippen molar-refractivity contribution in [2.45, 2.75) is 6.92 Å². The Morgan fingerprint density at radius 3 is 2.00 bits per heavy atom. The highest BCUT2D eigenvalue weighted by molar-refractivity contribution is 7.81. The van der Waals surface area contributed by atoms with Crippen LogP contribution < -0.4 is 0 Å². The summed E-state index contributed by atoms with van der Waals surface area (Å²) in [6.07, 6.45) is 0. The Balaban J connectivity index is 4.17. The van der Waals surface area contributed by atoms with Crippen LogP contribution in [0.2, 0.25) is 0 Å². The zero-order valence-corrected chi connectivity index (χ0v) is 7.91. The maximum Gasteiger partial charge on any atom is 0.313 e. The highest BCUT2D eigenvalue weighted by Gasteiger charge is 2.31. The molecule has 0 aromatic rings. The first-order valence-electron chi connectivity index (χ1n) is 2.91. The summed E-state index contributed by atoms with van der Waals surface area (Å²) in [5.74, 6) is 0.671. The molecule has 0 fully saturated rings. The van der Waals surface area contributed by atoms with Crippen molar-refractivity contribution in [2.24, 2.45) is 5.41 Å². The molecule has 0 unspecified atom stereocenters. The SMILES string of the molecule is COC(=O)C(C)(CS)CS. The zero-order valence-electron chi connectivity index (χ0n) is 6.13. The van der Waals surface area contributed by atoms with Crippen molar-refractivity contribution in [2.75, 3.05) is 18.6 Å². The largest absolute Gasteiger partial charge is 0.469 e. The predicted octanol–water partition coefficient (Wildman–Crippen LogP) is 1.03. The number of hydrogen-bond acceptors (Lipinski definition) is 4. The maximum absolute atomic E-state index is 11.0. The molecular weight excluding hydrogens is 168 g/mol. The minimum Gasteiger partial charge on any atom is -0.469 e. The van der Waals surface area contributed by atoms with Crippen molar-refractivity contribution >= 4 is 31.2 Å². The van der Waals surface area contributed by atoms with Gasteiger partial charge in [-0.25, -0.2) is 0 Å². The minimum absolute atomic E-state index is 0.252. The van der Waals surface area contributed by atoms with E-state index >= 15 is 0 Å². The summed E-state index contributed by atoms with van der Waals surface area (Å²) >= 11 is 8.05. The van der Waals surface area contributed by atoms with E-state index in [1.165, 1.54) is 7.11 Å². The average molecular weight is 180 g/mol. The Bertz CT molecular complexity index is 121. The van der Waals surface area contributed by atoms with Crippen LogP contribution in [0.4, 0.5) is 0 Å². The van der Waals surface area contributed by atoms with Crippen molar-refractivity contribution < 1.29 is 9.53 Å². The first kappa shape index (κ1) is 10.2. The van der Waals surface area contributed by atoms with Gasteiger partial charge in [0.2, 0.25) is 0 Å². The molecule has 0 heterocycles. The van der Waals surface area contributed by atoms with Gasteiger partial charge < -0.3 is 4.74 Å². The highest BCUT2D eigenvalue weighted by Crippen LogP contribution is 2.21. The first-order chi connectivity index (χ1) is 4.60. The molecule has 0 saturated heterocycles. The normalized spacial score (nSPS) is 11.2. The Labute approximate surface area is 72.1 Å². The summed E-state index contributed by atoms with van der Waals surface area (Å²) < 4.78 is 4.56. The maximum atomic E-state index is 11.0. The molecule has 0 saturated carbocycles. The second-order valence-corrected chi connectivity index (χ2v) is 3.00. The Hall–Kier alpha value is 0.170. The van der Waals surface area contributed by atoms with Crippen LogP contribution in [0.15, 0.2) is 0 Å². The molecule has 0 aromatic carbocycles. The Kier molecular flexibility index (Phi) is 4.20. The molecule has 4 heteroatoms. The van der Waals surface area contributed by atoms with Gasteiger partial charge in [-0.2, -0.15) is 25.3 Å². The third-order valence-corrected chi connectivity index (χ3v) is 2.77. The lowest BCUT2D eigenvalue weighted by atomic mass is 9.96. The van der Waals surface area contributed by atoms with E-state index in [2.05, 4.69) is 30.0 Å². The molecule has 0 aliphatic carbocycles. The van der Waals surface area contributed by atoms with Crippen LogP contribution in [0.1, 0.15) is 6.92 Å². The lowest BCUT2D eigenvalue weighted by molar-refractivity contribution is -0.149. The van der Waals surface area contributed by atoms with Crippen LogP contribution in [0.5, 0.6) is 0 Å². The summed E-state index contributed by atoms with van der Waals surface area (Å²) in [6, 6.07) is 0. The van der Waals surface area contributed by atoms with Crippen LogP contribution in [0, 0.1) is 5.41 Å². The van der Waals surface area contributed by atoms with Crippen LogP contribution in [-0.2, 0) is 9.53 Å². The lowest BCUT2D eigenvalue weighted by Crippen LogP contribution is -2.32. The van der Waals surface area contributed by atoms with Gasteiger partial charge in [0.15, 0.2) is 0 Å². The van der Waals surface area contributed by atoms with Gasteiger partial charge in [0.05, 0.1) is 12.5 Å². The predicted molar refractivity (Wildman–Crippen MR) is 47.8 cm³/mol. The number of carbonyl (C=O) groups is 1. The Morgan fingerprint density at radius 1 is 1.50 bits per heavy atom. The Morgan fingerprint density at radius 2 is 1.90 bits per heavy atom. The van der Waals surface area contributed by atoms with Gasteiger partial charge in [-0.3, -0.25) is 4.79 Å². The molecule has 2 nitrogen and oxygen atoms in total. The van der Waals surface area contributed by atoms with E-state index in [1.54, 1.807) is 6.92 Å². The number of hydrogen-bond donors (Lipinski definition) is 2. The molecule has 0 N–H and O–H groups in total. The summed E-state index contributed by atoms with van der Waals surface area (Å²) in [4.78, 5) is 11.0. The number of esters is 1. The van der Waals surface area contributed by atoms with Crippen LogP contribution in [-0.4, -0.2) is 24.6 Å². The standard InChI is InChI=1S/C6H12O2S2/c1-6(3-9,4-10)5(7)8-2/h9-10H,3-4H2,1-2H3. The van der Waals surface area contributed by atoms with Gasteiger partial charge in [0, 0.05) is 11.5 Å². The fourth-order valence-electron chi connectivity index (χ4n) is 0.425. The first-order valence-corrected chi connectivity index (χ1v) is 4.17. The molecule has 60 valence electrons. The third kappa shape index (κ3) is 2.09. The second kappa shape index (κ2) is 4.13. The van der Waals surface area contributed by atoms with Gasteiger partial charge in [-0.1, -0.05) is 0 Å². The van der Waals surface area contributed by atoms with Gasteiger partial charge in [-0.05, 0) is 6.92 Å². The summed E-state index contributed by atoms with van der Waals surface area (Å²) in [7, 11) is 1.37. The van der Waals surface area contributed by atoms with Crippen molar-refractivity contribution in [1.29, 1.82) is 0 Å². The smallest absolute Gasteiger partial charge is 0.313 e. The van der Waals surface area contributed by atoms with E-state index in [9.17, 15) is 4.79 Å². The molecule has 0 rings (SSSR count). The molecule has 0 amide bonds. The quantitative estimate of drug-likeness (QED) is 0.501. The van der Waals surface area contributed by atoms with Gasteiger partial charge in [0.1, 0.15) is 0 Å². The topological polar surface area (TPSA) is 26.3 Å². The molecule has 0 atom stereocenters. The number of carbonyl (C=O) groups excluding carboxylic acids is 1. The molecule has 0 radical (unpaired) electrons. The average Bonchev–Trinajstić information content (AvgIpc) is 2.01. The summed E-state index contributed by atoms with van der Waals surface area (Å²) in [6.45, 7) is 1.78. The van der Waals surface area contributed by atoms with Crippen LogP contribution in [0.3, 0.4) is 0 Å². The van der Waals surface area contributed by atoms with Gasteiger partial charge in [0.25, 0.3) is 0 Å². The number of rotatable bonds is 3. The molecule has 0 spiro atoms. The molecule has 0 aliphatic heterocycles. The van der Waals surface area contributed by atoms with Crippen molar-refractivity contribution in [1.82, 2.24) is 0 Å². The van der Waals surface area contributed by atoms with E-state index in [4.69, 9.17) is 0 Å². The summed E-state index contributed by atoms with van der Waals surface area (Å²) in [5.41, 5.74) is -0.541. The van der Waals surface area contributed by atoms with Crippen LogP contribution >= 0.6 is 25.3 Å². The third-order valence-electron chi connectivity index (χ3n) is 1.38. The van der Waals surface area contributed by atoms with E-state index in [1.807, 2.05) is 0 Å². The second-order valence-electron chi connectivity index (χ2n) is 2.37. The fourth-order valence-corrected chi connectivity index (χ4v) is 1.08. The zero-order chi connectivity index (χ0) is 8.20. The van der Waals surface area contributed by atoms with Crippen molar-refractivity contribution in [3.8, 4) is 0 Å². The number of methoxy groups -OCH3 is 1. The van der Waals surface area contributed by atoms with Crippen molar-refractivity contribution in [3.63, 3.8) is 0 Å². The molecular formula is C6H12O2S2. The molecule has 0 bridgehead atoms. The monoisotopic (exact) mass is 180 g/mol. The van der Waals surface area contributed by atoms with E-state index < -0.39 is 5.41 Å². The van der Waals surface area contributed by atoms with E-state index in [-0.39, 0.29) is 5.97 Å². The number of thiol groups is 2. The van der Waals surface area contributed by atoms with Gasteiger partial charge >= 0.3 is 5.97 Å². The molecule has 0 aliphatic rings. The van der Waals surface area contributed by atoms with Gasteiger partial charge in [-0.15, -0.1) is 0 Å². The van der Waals surface area contributed by atoms with Crippen LogP contribution in [0.25, 0.3) is 0 Å². The fraction of sp³-hybridized carbons (Fsp3) is 0.833. The van der Waals surface area contributed by atoms with E-state index in [0.29, 0.717) is 11.5 Å².